The normalized spacial score (nSPS) is 10.7. The number of phenolic OH excluding ortho intramolecular Hbond substituents is 1. The highest BCUT2D eigenvalue weighted by molar-refractivity contribution is 6.04. The lowest BCUT2D eigenvalue weighted by Gasteiger charge is -2.12. The highest BCUT2D eigenvalue weighted by Gasteiger charge is 2.21. The van der Waals surface area contributed by atoms with Gasteiger partial charge in [0, 0.05) is 11.1 Å². The van der Waals surface area contributed by atoms with Crippen molar-refractivity contribution in [1.82, 2.24) is 15.2 Å². The van der Waals surface area contributed by atoms with Gasteiger partial charge in [-0.25, -0.2) is 4.98 Å². The van der Waals surface area contributed by atoms with Gasteiger partial charge in [-0.05, 0) is 42.0 Å². The number of hydrogen-bond acceptors (Lipinski definition) is 6. The molecule has 2 heterocycles. The largest absolute Gasteiger partial charge is 0.508 e. The fourth-order valence-electron chi connectivity index (χ4n) is 3.06. The number of nitrogens with two attached hydrogens (primary N) is 1. The maximum atomic E-state index is 9.93. The van der Waals surface area contributed by atoms with Gasteiger partial charge in [-0.1, -0.05) is 12.1 Å². The Bertz CT molecular complexity index is 1170. The third-order valence-electron chi connectivity index (χ3n) is 4.36. The summed E-state index contributed by atoms with van der Waals surface area (Å²) in [7, 11) is 1.59. The molecule has 0 saturated carbocycles. The molecule has 0 amide bonds. The van der Waals surface area contributed by atoms with Gasteiger partial charge < -0.3 is 15.6 Å². The van der Waals surface area contributed by atoms with Crippen molar-refractivity contribution in [1.29, 1.82) is 5.26 Å². The van der Waals surface area contributed by atoms with Gasteiger partial charge >= 0.3 is 0 Å². The molecule has 0 fully saturated rings. The van der Waals surface area contributed by atoms with Crippen LogP contribution in [0.1, 0.15) is 5.56 Å². The van der Waals surface area contributed by atoms with Crippen molar-refractivity contribution in [2.24, 2.45) is 0 Å². The summed E-state index contributed by atoms with van der Waals surface area (Å²) in [5, 5.41) is 27.0. The molecule has 27 heavy (non-hydrogen) atoms. The number of fused-ring (bicyclic) bond motifs is 1. The number of nitrogen functional groups attached to an aromatic ring is 1. The maximum absolute atomic E-state index is 9.93. The van der Waals surface area contributed by atoms with Gasteiger partial charge in [-0.15, -0.1) is 0 Å². The fourth-order valence-corrected chi connectivity index (χ4v) is 3.06. The van der Waals surface area contributed by atoms with E-state index in [1.807, 2.05) is 24.3 Å². The van der Waals surface area contributed by atoms with Gasteiger partial charge in [-0.3, -0.25) is 5.10 Å². The minimum atomic E-state index is 0.137. The van der Waals surface area contributed by atoms with Crippen LogP contribution in [-0.4, -0.2) is 27.4 Å². The third kappa shape index (κ3) is 2.69. The predicted octanol–water partition coefficient (Wildman–Crippen LogP) is 3.46. The second-order valence-electron chi connectivity index (χ2n) is 5.93. The maximum Gasteiger partial charge on any atom is 0.184 e. The van der Waals surface area contributed by atoms with E-state index in [1.165, 1.54) is 0 Å². The van der Waals surface area contributed by atoms with Crippen molar-refractivity contribution in [2.75, 3.05) is 12.8 Å². The predicted molar refractivity (Wildman–Crippen MR) is 102 cm³/mol. The average molecular weight is 357 g/mol. The first-order valence-corrected chi connectivity index (χ1v) is 8.14. The first-order valence-electron chi connectivity index (χ1n) is 8.14. The van der Waals surface area contributed by atoms with Gasteiger partial charge in [0.2, 0.25) is 0 Å². The van der Waals surface area contributed by atoms with E-state index in [1.54, 1.807) is 31.4 Å². The molecule has 0 unspecified atom stereocenters. The molecule has 0 aliphatic rings. The van der Waals surface area contributed by atoms with Gasteiger partial charge in [0.15, 0.2) is 5.65 Å². The Labute approximate surface area is 154 Å². The Hall–Kier alpha value is -4.05. The Balaban J connectivity index is 2.06. The highest BCUT2D eigenvalue weighted by atomic mass is 16.5. The monoisotopic (exact) mass is 357 g/mol. The lowest BCUT2D eigenvalue weighted by Crippen LogP contribution is -1.97. The first kappa shape index (κ1) is 16.4. The van der Waals surface area contributed by atoms with Crippen molar-refractivity contribution < 1.29 is 9.84 Å². The number of nitrogens with zero attached hydrogens (tertiary/aromatic N) is 3. The van der Waals surface area contributed by atoms with Crippen LogP contribution in [0.15, 0.2) is 48.5 Å². The summed E-state index contributed by atoms with van der Waals surface area (Å²) in [4.78, 5) is 4.56. The summed E-state index contributed by atoms with van der Waals surface area (Å²) in [6, 6.07) is 16.1. The van der Waals surface area contributed by atoms with E-state index >= 15 is 0 Å². The zero-order chi connectivity index (χ0) is 19.0. The summed E-state index contributed by atoms with van der Waals surface area (Å²) in [6.07, 6.45) is 0. The van der Waals surface area contributed by atoms with E-state index in [0.717, 1.165) is 11.1 Å². The quantitative estimate of drug-likeness (QED) is 0.516. The molecular formula is C20H15N5O2. The Kier molecular flexibility index (Phi) is 3.86. The zero-order valence-electron chi connectivity index (χ0n) is 14.4. The van der Waals surface area contributed by atoms with E-state index < -0.39 is 0 Å². The lowest BCUT2D eigenvalue weighted by atomic mass is 9.94. The van der Waals surface area contributed by atoms with E-state index in [2.05, 4.69) is 21.3 Å². The molecule has 4 rings (SSSR count). The second-order valence-corrected chi connectivity index (χ2v) is 5.93. The fraction of sp³-hybridized carbons (Fsp3) is 0.0500. The molecule has 0 saturated heterocycles. The molecule has 0 aliphatic heterocycles. The van der Waals surface area contributed by atoms with Crippen LogP contribution in [0.25, 0.3) is 33.4 Å². The molecule has 0 radical (unpaired) electrons. The van der Waals surface area contributed by atoms with Crippen LogP contribution in [-0.2, 0) is 0 Å². The van der Waals surface area contributed by atoms with E-state index in [0.29, 0.717) is 39.4 Å². The molecule has 7 heteroatoms. The number of aromatic hydroxyl groups is 1. The Morgan fingerprint density at radius 1 is 1.07 bits per heavy atom. The SMILES string of the molecule is COc1ccc(-c2nc3n[nH]c(N)c3c(-c3ccc(O)cc3)c2C#N)cc1. The van der Waals surface area contributed by atoms with Crippen molar-refractivity contribution in [3.05, 3.63) is 54.1 Å². The van der Waals surface area contributed by atoms with Crippen LogP contribution in [0.5, 0.6) is 11.5 Å². The molecule has 0 atom stereocenters. The number of ether oxygens (including phenoxy) is 1. The molecule has 0 bridgehead atoms. The smallest absolute Gasteiger partial charge is 0.184 e. The summed E-state index contributed by atoms with van der Waals surface area (Å²) >= 11 is 0. The van der Waals surface area contributed by atoms with Gasteiger partial charge in [0.05, 0.1) is 23.8 Å². The van der Waals surface area contributed by atoms with Crippen LogP contribution < -0.4 is 10.5 Å². The average Bonchev–Trinajstić information content (AvgIpc) is 3.08. The summed E-state index contributed by atoms with van der Waals surface area (Å²) in [5.74, 6) is 1.18. The molecule has 7 nitrogen and oxygen atoms in total. The number of methoxy groups -OCH3 is 1. The minimum absolute atomic E-state index is 0.137. The van der Waals surface area contributed by atoms with Crippen LogP contribution in [0.4, 0.5) is 5.82 Å². The zero-order valence-corrected chi connectivity index (χ0v) is 14.4. The number of nitriles is 1. The number of benzene rings is 2. The summed E-state index contributed by atoms with van der Waals surface area (Å²) in [5.41, 5.74) is 9.48. The molecule has 2 aromatic carbocycles. The summed E-state index contributed by atoms with van der Waals surface area (Å²) < 4.78 is 5.20. The third-order valence-corrected chi connectivity index (χ3v) is 4.36. The van der Waals surface area contributed by atoms with Crippen molar-refractivity contribution in [2.45, 2.75) is 0 Å². The van der Waals surface area contributed by atoms with Gasteiger partial charge in [0.25, 0.3) is 0 Å². The number of anilines is 1. The van der Waals surface area contributed by atoms with E-state index in [-0.39, 0.29) is 5.75 Å². The number of rotatable bonds is 3. The van der Waals surface area contributed by atoms with Gasteiger partial charge in [-0.2, -0.15) is 10.4 Å². The number of H-pyrrole nitrogens is 1. The number of hydrogen-bond donors (Lipinski definition) is 3. The molecular weight excluding hydrogens is 342 g/mol. The summed E-state index contributed by atoms with van der Waals surface area (Å²) in [6.45, 7) is 0. The highest BCUT2D eigenvalue weighted by Crippen LogP contribution is 2.38. The van der Waals surface area contributed by atoms with Crippen molar-refractivity contribution >= 4 is 16.9 Å². The van der Waals surface area contributed by atoms with Gasteiger partial charge in [0.1, 0.15) is 23.4 Å². The lowest BCUT2D eigenvalue weighted by molar-refractivity contribution is 0.415. The molecule has 2 aromatic heterocycles. The number of nitrogens with one attached hydrogen (secondary N) is 1. The number of pyridine rings is 1. The Morgan fingerprint density at radius 3 is 2.37 bits per heavy atom. The topological polar surface area (TPSA) is 121 Å². The van der Waals surface area contributed by atoms with Crippen LogP contribution >= 0.6 is 0 Å². The molecule has 0 spiro atoms. The standard InChI is InChI=1S/C20H15N5O2/c1-27-14-8-4-12(5-9-14)18-15(10-21)16(11-2-6-13(26)7-3-11)17-19(22)24-25-20(17)23-18/h2-9,26H,1H3,(H3,22,23,24,25). The van der Waals surface area contributed by atoms with E-state index in [9.17, 15) is 10.4 Å². The molecule has 0 aliphatic carbocycles. The van der Waals surface area contributed by atoms with Crippen LogP contribution in [0, 0.1) is 11.3 Å². The molecule has 132 valence electrons. The first-order chi connectivity index (χ1) is 13.1. The minimum Gasteiger partial charge on any atom is -0.508 e. The molecule has 4 N–H and O–H groups in total. The Morgan fingerprint density at radius 2 is 1.74 bits per heavy atom. The number of phenols is 1. The van der Waals surface area contributed by atoms with Crippen LogP contribution in [0.2, 0.25) is 0 Å². The van der Waals surface area contributed by atoms with E-state index in [4.69, 9.17) is 10.5 Å². The van der Waals surface area contributed by atoms with Crippen molar-refractivity contribution in [3.63, 3.8) is 0 Å². The number of aromatic nitrogens is 3. The molecule has 4 aromatic rings. The number of aromatic amines is 1. The van der Waals surface area contributed by atoms with Crippen molar-refractivity contribution in [3.8, 4) is 40.0 Å². The second kappa shape index (κ2) is 6.35. The van der Waals surface area contributed by atoms with Crippen LogP contribution in [0.3, 0.4) is 0 Å².